The molecule has 2 heterocycles. The molecule has 2 atom stereocenters. The zero-order chi connectivity index (χ0) is 14.5. The van der Waals surface area contributed by atoms with Gasteiger partial charge in [0.2, 0.25) is 11.8 Å². The summed E-state index contributed by atoms with van der Waals surface area (Å²) in [6.07, 6.45) is 3.99. The molecule has 21 heavy (non-hydrogen) atoms. The number of carbonyl (C=O) groups excluding carboxylic acids is 2. The molecule has 0 aromatic rings. The van der Waals surface area contributed by atoms with E-state index in [2.05, 4.69) is 10.2 Å². The molecule has 0 radical (unpaired) electrons. The molecule has 2 fully saturated rings. The lowest BCUT2D eigenvalue weighted by molar-refractivity contribution is -0.138. The topological polar surface area (TPSA) is 52.7 Å². The average molecular weight is 318 g/mol. The van der Waals surface area contributed by atoms with Crippen molar-refractivity contribution in [2.45, 2.75) is 58.0 Å². The summed E-state index contributed by atoms with van der Waals surface area (Å²) in [7, 11) is 0. The van der Waals surface area contributed by atoms with Crippen LogP contribution in [0.5, 0.6) is 0 Å². The van der Waals surface area contributed by atoms with Gasteiger partial charge < -0.3 is 15.1 Å². The van der Waals surface area contributed by atoms with Gasteiger partial charge in [0.25, 0.3) is 0 Å². The van der Waals surface area contributed by atoms with Crippen molar-refractivity contribution < 1.29 is 9.59 Å². The van der Waals surface area contributed by atoms with E-state index >= 15 is 0 Å². The van der Waals surface area contributed by atoms with Gasteiger partial charge in [-0.25, -0.2) is 0 Å². The van der Waals surface area contributed by atoms with Crippen LogP contribution >= 0.6 is 12.4 Å². The molecule has 6 heteroatoms. The van der Waals surface area contributed by atoms with Crippen LogP contribution in [-0.4, -0.2) is 59.9 Å². The van der Waals surface area contributed by atoms with Gasteiger partial charge in [0.1, 0.15) is 0 Å². The molecule has 0 aromatic heterocycles. The van der Waals surface area contributed by atoms with E-state index in [-0.39, 0.29) is 24.2 Å². The lowest BCUT2D eigenvalue weighted by Gasteiger charge is -2.28. The average Bonchev–Trinajstić information content (AvgIpc) is 2.71. The van der Waals surface area contributed by atoms with Gasteiger partial charge in [0.05, 0.1) is 0 Å². The van der Waals surface area contributed by atoms with Crippen molar-refractivity contribution in [3.8, 4) is 0 Å². The highest BCUT2D eigenvalue weighted by atomic mass is 35.5. The maximum atomic E-state index is 12.4. The minimum Gasteiger partial charge on any atom is -0.343 e. The zero-order valence-corrected chi connectivity index (χ0v) is 14.0. The molecule has 2 rings (SSSR count). The van der Waals surface area contributed by atoms with Crippen molar-refractivity contribution in [2.75, 3.05) is 26.2 Å². The summed E-state index contributed by atoms with van der Waals surface area (Å²) in [5, 5.41) is 3.40. The van der Waals surface area contributed by atoms with Crippen LogP contribution in [0, 0.1) is 0 Å². The van der Waals surface area contributed by atoms with Crippen LogP contribution in [0.1, 0.15) is 46.0 Å². The minimum absolute atomic E-state index is 0. The zero-order valence-electron chi connectivity index (χ0n) is 13.1. The van der Waals surface area contributed by atoms with E-state index < -0.39 is 0 Å². The van der Waals surface area contributed by atoms with Gasteiger partial charge in [-0.05, 0) is 39.7 Å². The molecule has 2 bridgehead atoms. The van der Waals surface area contributed by atoms with E-state index in [1.54, 1.807) is 4.90 Å². The number of halogens is 1. The Hall–Kier alpha value is -0.810. The first-order valence-corrected chi connectivity index (χ1v) is 7.97. The number of nitrogens with zero attached hydrogens (tertiary/aromatic N) is 2. The van der Waals surface area contributed by atoms with E-state index in [1.165, 1.54) is 0 Å². The van der Waals surface area contributed by atoms with Crippen LogP contribution in [0.15, 0.2) is 0 Å². The fraction of sp³-hybridized carbons (Fsp3) is 0.867. The molecule has 1 N–H and O–H groups in total. The number of nitrogens with one attached hydrogen (secondary N) is 1. The second kappa shape index (κ2) is 8.59. The molecule has 2 unspecified atom stereocenters. The maximum absolute atomic E-state index is 12.4. The molecule has 0 spiro atoms. The van der Waals surface area contributed by atoms with Crippen LogP contribution in [0.2, 0.25) is 0 Å². The molecular formula is C15H28ClN3O2. The highest BCUT2D eigenvalue weighted by molar-refractivity contribution is 5.85. The number of rotatable bonds is 5. The van der Waals surface area contributed by atoms with Gasteiger partial charge >= 0.3 is 0 Å². The third-order valence-electron chi connectivity index (χ3n) is 4.61. The van der Waals surface area contributed by atoms with E-state index in [0.717, 1.165) is 45.4 Å². The predicted molar refractivity (Wildman–Crippen MR) is 85.6 cm³/mol. The van der Waals surface area contributed by atoms with Gasteiger partial charge in [0, 0.05) is 44.6 Å². The minimum atomic E-state index is 0. The van der Waals surface area contributed by atoms with Gasteiger partial charge in [-0.3, -0.25) is 9.59 Å². The van der Waals surface area contributed by atoms with E-state index in [1.807, 2.05) is 13.8 Å². The number of hydrogen-bond donors (Lipinski definition) is 1. The smallest absolute Gasteiger partial charge is 0.223 e. The summed E-state index contributed by atoms with van der Waals surface area (Å²) in [6, 6.07) is 0.740. The van der Waals surface area contributed by atoms with Crippen molar-refractivity contribution in [3.63, 3.8) is 0 Å². The quantitative estimate of drug-likeness (QED) is 0.834. The van der Waals surface area contributed by atoms with Crippen LogP contribution in [0.4, 0.5) is 0 Å². The summed E-state index contributed by atoms with van der Waals surface area (Å²) in [4.78, 5) is 28.3. The second-order valence-electron chi connectivity index (χ2n) is 5.74. The highest BCUT2D eigenvalue weighted by Crippen LogP contribution is 2.28. The summed E-state index contributed by atoms with van der Waals surface area (Å²) >= 11 is 0. The first-order chi connectivity index (χ1) is 9.67. The summed E-state index contributed by atoms with van der Waals surface area (Å²) < 4.78 is 0. The van der Waals surface area contributed by atoms with Gasteiger partial charge in [-0.2, -0.15) is 0 Å². The second-order valence-corrected chi connectivity index (χ2v) is 5.74. The molecule has 2 aliphatic rings. The molecule has 2 saturated heterocycles. The van der Waals surface area contributed by atoms with Crippen molar-refractivity contribution in [2.24, 2.45) is 0 Å². The summed E-state index contributed by atoms with van der Waals surface area (Å²) in [6.45, 7) is 7.31. The Balaban J connectivity index is 0.00000220. The van der Waals surface area contributed by atoms with Crippen molar-refractivity contribution in [1.29, 1.82) is 0 Å². The standard InChI is InChI=1S/C15H27N3O2.ClH/c1-3-17(4-2)14(19)7-8-15(20)18-12-5-6-13(18)11-16-10-9-12;/h12-13,16H,3-11H2,1-2H3;1H. The predicted octanol–water partition coefficient (Wildman–Crippen LogP) is 1.41. The van der Waals surface area contributed by atoms with Gasteiger partial charge in [-0.1, -0.05) is 0 Å². The molecule has 5 nitrogen and oxygen atoms in total. The van der Waals surface area contributed by atoms with Crippen LogP contribution in [0.3, 0.4) is 0 Å². The number of amides is 2. The van der Waals surface area contributed by atoms with Crippen molar-refractivity contribution in [3.05, 3.63) is 0 Å². The van der Waals surface area contributed by atoms with Crippen LogP contribution < -0.4 is 5.32 Å². The Morgan fingerprint density at radius 3 is 2.43 bits per heavy atom. The Morgan fingerprint density at radius 2 is 1.76 bits per heavy atom. The van der Waals surface area contributed by atoms with Gasteiger partial charge in [-0.15, -0.1) is 12.4 Å². The SMILES string of the molecule is CCN(CC)C(=O)CCC(=O)N1C2CCNCC1CC2.Cl. The monoisotopic (exact) mass is 317 g/mol. The Bertz CT molecular complexity index is 347. The van der Waals surface area contributed by atoms with Crippen LogP contribution in [-0.2, 0) is 9.59 Å². The van der Waals surface area contributed by atoms with E-state index in [9.17, 15) is 9.59 Å². The first kappa shape index (κ1) is 18.2. The Labute approximate surface area is 133 Å². The fourth-order valence-electron chi connectivity index (χ4n) is 3.47. The van der Waals surface area contributed by atoms with Gasteiger partial charge in [0.15, 0.2) is 0 Å². The molecule has 2 aliphatic heterocycles. The number of fused-ring (bicyclic) bond motifs is 2. The molecule has 122 valence electrons. The third-order valence-corrected chi connectivity index (χ3v) is 4.61. The number of carbonyl (C=O) groups is 2. The maximum Gasteiger partial charge on any atom is 0.223 e. The molecular weight excluding hydrogens is 290 g/mol. The lowest BCUT2D eigenvalue weighted by atomic mass is 10.1. The molecule has 2 amide bonds. The Kier molecular flexibility index (Phi) is 7.46. The summed E-state index contributed by atoms with van der Waals surface area (Å²) in [5.41, 5.74) is 0. The fourth-order valence-corrected chi connectivity index (χ4v) is 3.47. The van der Waals surface area contributed by atoms with Crippen molar-refractivity contribution in [1.82, 2.24) is 15.1 Å². The van der Waals surface area contributed by atoms with E-state index in [0.29, 0.717) is 24.9 Å². The van der Waals surface area contributed by atoms with Crippen LogP contribution in [0.25, 0.3) is 0 Å². The number of hydrogen-bond acceptors (Lipinski definition) is 3. The first-order valence-electron chi connectivity index (χ1n) is 7.97. The van der Waals surface area contributed by atoms with Crippen molar-refractivity contribution >= 4 is 24.2 Å². The lowest BCUT2D eigenvalue weighted by Crippen LogP contribution is -2.43. The molecule has 0 aliphatic carbocycles. The third kappa shape index (κ3) is 4.33. The largest absolute Gasteiger partial charge is 0.343 e. The molecule has 0 saturated carbocycles. The highest BCUT2D eigenvalue weighted by Gasteiger charge is 2.37. The normalized spacial score (nSPS) is 24.2. The molecule has 0 aromatic carbocycles. The van der Waals surface area contributed by atoms with E-state index in [4.69, 9.17) is 0 Å². The summed E-state index contributed by atoms with van der Waals surface area (Å²) in [5.74, 6) is 0.269. The Morgan fingerprint density at radius 1 is 1.10 bits per heavy atom.